The first-order valence-corrected chi connectivity index (χ1v) is 5.73. The fraction of sp³-hybridized carbons (Fsp3) is 0.429. The highest BCUT2D eigenvalue weighted by atomic mass is 19.1. The first kappa shape index (κ1) is 14.5. The maximum Gasteiger partial charge on any atom is 0.135 e. The summed E-state index contributed by atoms with van der Waals surface area (Å²) in [5.41, 5.74) is 0.747. The van der Waals surface area contributed by atoms with Crippen LogP contribution in [0.4, 0.5) is 8.78 Å². The molecule has 98 valence electrons. The van der Waals surface area contributed by atoms with E-state index in [2.05, 4.69) is 4.99 Å². The number of halogens is 2. The van der Waals surface area contributed by atoms with E-state index in [1.807, 2.05) is 20.8 Å². The molecular weight excluding hydrogens is 234 g/mol. The molecule has 0 spiro atoms. The minimum absolute atomic E-state index is 0.170. The summed E-state index contributed by atoms with van der Waals surface area (Å²) in [6, 6.07) is 2.10. The lowest BCUT2D eigenvalue weighted by atomic mass is 9.95. The third kappa shape index (κ3) is 3.22. The van der Waals surface area contributed by atoms with Gasteiger partial charge in [0.1, 0.15) is 17.5 Å². The highest BCUT2D eigenvalue weighted by Crippen LogP contribution is 2.19. The van der Waals surface area contributed by atoms with Crippen LogP contribution in [0.1, 0.15) is 38.8 Å². The Labute approximate surface area is 106 Å². The van der Waals surface area contributed by atoms with Gasteiger partial charge in [-0.1, -0.05) is 20.8 Å². The Morgan fingerprint density at radius 1 is 1.22 bits per heavy atom. The molecule has 2 nitrogen and oxygen atoms in total. The van der Waals surface area contributed by atoms with Gasteiger partial charge in [0, 0.05) is 22.8 Å². The van der Waals surface area contributed by atoms with Crippen LogP contribution in [-0.4, -0.2) is 11.5 Å². The molecule has 0 aliphatic rings. The first-order chi connectivity index (χ1) is 8.12. The lowest BCUT2D eigenvalue weighted by molar-refractivity contribution is 0.577. The number of aryl methyl sites for hydroxylation is 1. The molecule has 0 heterocycles. The SMILES string of the molecule is CC(=NC(=N)C(C)(C)C)c1c(C)cc(F)cc1F. The molecule has 1 N–H and O–H groups in total. The van der Waals surface area contributed by atoms with Crippen LogP contribution in [0.2, 0.25) is 0 Å². The number of rotatable bonds is 1. The van der Waals surface area contributed by atoms with E-state index < -0.39 is 17.0 Å². The lowest BCUT2D eigenvalue weighted by Crippen LogP contribution is -2.19. The van der Waals surface area contributed by atoms with Gasteiger partial charge < -0.3 is 0 Å². The summed E-state index contributed by atoms with van der Waals surface area (Å²) in [5, 5.41) is 7.82. The van der Waals surface area contributed by atoms with Gasteiger partial charge in [-0.2, -0.15) is 0 Å². The predicted molar refractivity (Wildman–Crippen MR) is 70.5 cm³/mol. The largest absolute Gasteiger partial charge is 0.286 e. The van der Waals surface area contributed by atoms with Crippen molar-refractivity contribution in [3.8, 4) is 0 Å². The molecular formula is C14H18F2N2. The quantitative estimate of drug-likeness (QED) is 0.577. The Morgan fingerprint density at radius 2 is 1.78 bits per heavy atom. The zero-order valence-electron chi connectivity index (χ0n) is 11.4. The van der Waals surface area contributed by atoms with Crippen molar-refractivity contribution in [2.45, 2.75) is 34.6 Å². The van der Waals surface area contributed by atoms with Crippen LogP contribution in [0.25, 0.3) is 0 Å². The van der Waals surface area contributed by atoms with E-state index >= 15 is 0 Å². The molecule has 4 heteroatoms. The zero-order chi connectivity index (χ0) is 14.1. The lowest BCUT2D eigenvalue weighted by Gasteiger charge is -2.17. The maximum atomic E-state index is 13.7. The summed E-state index contributed by atoms with van der Waals surface area (Å²) in [7, 11) is 0. The van der Waals surface area contributed by atoms with Gasteiger partial charge in [-0.25, -0.2) is 13.8 Å². The van der Waals surface area contributed by atoms with Crippen molar-refractivity contribution in [3.63, 3.8) is 0 Å². The Hall–Kier alpha value is -1.58. The van der Waals surface area contributed by atoms with Crippen LogP contribution >= 0.6 is 0 Å². The predicted octanol–water partition coefficient (Wildman–Crippen LogP) is 4.11. The molecule has 0 radical (unpaired) electrons. The third-order valence-electron chi connectivity index (χ3n) is 2.60. The van der Waals surface area contributed by atoms with Gasteiger partial charge >= 0.3 is 0 Å². The van der Waals surface area contributed by atoms with Gasteiger partial charge in [0.25, 0.3) is 0 Å². The molecule has 0 saturated heterocycles. The van der Waals surface area contributed by atoms with E-state index in [4.69, 9.17) is 5.41 Å². The molecule has 0 saturated carbocycles. The van der Waals surface area contributed by atoms with Crippen molar-refractivity contribution in [3.05, 3.63) is 34.9 Å². The van der Waals surface area contributed by atoms with E-state index in [1.165, 1.54) is 6.07 Å². The van der Waals surface area contributed by atoms with E-state index in [-0.39, 0.29) is 11.4 Å². The number of benzene rings is 1. The number of amidine groups is 1. The average Bonchev–Trinajstić information content (AvgIpc) is 2.13. The fourth-order valence-corrected chi connectivity index (χ4v) is 1.55. The van der Waals surface area contributed by atoms with Crippen LogP contribution in [0.3, 0.4) is 0 Å². The van der Waals surface area contributed by atoms with Crippen LogP contribution in [-0.2, 0) is 0 Å². The van der Waals surface area contributed by atoms with E-state index in [1.54, 1.807) is 13.8 Å². The number of nitrogens with zero attached hydrogens (tertiary/aromatic N) is 1. The monoisotopic (exact) mass is 252 g/mol. The zero-order valence-corrected chi connectivity index (χ0v) is 11.4. The molecule has 0 amide bonds. The minimum atomic E-state index is -0.643. The van der Waals surface area contributed by atoms with Gasteiger partial charge in [-0.3, -0.25) is 5.41 Å². The molecule has 0 fully saturated rings. The number of aliphatic imine (C=N–C) groups is 1. The van der Waals surface area contributed by atoms with Crippen molar-refractivity contribution in [1.82, 2.24) is 0 Å². The first-order valence-electron chi connectivity index (χ1n) is 5.73. The molecule has 0 unspecified atom stereocenters. The molecule has 0 atom stereocenters. The standard InChI is InChI=1S/C14H18F2N2/c1-8-6-10(15)7-11(16)12(8)9(2)18-13(17)14(3,4)5/h6-7,17H,1-5H3. The Bertz CT molecular complexity index is 488. The second-order valence-electron chi connectivity index (χ2n) is 5.38. The van der Waals surface area contributed by atoms with Gasteiger partial charge in [0.05, 0.1) is 0 Å². The second kappa shape index (κ2) is 4.96. The maximum absolute atomic E-state index is 13.7. The smallest absolute Gasteiger partial charge is 0.135 e. The summed E-state index contributed by atoms with van der Waals surface area (Å²) >= 11 is 0. The average molecular weight is 252 g/mol. The van der Waals surface area contributed by atoms with E-state index in [9.17, 15) is 8.78 Å². The van der Waals surface area contributed by atoms with Crippen LogP contribution in [0.5, 0.6) is 0 Å². The summed E-state index contributed by atoms with van der Waals surface area (Å²) in [6.45, 7) is 8.84. The van der Waals surface area contributed by atoms with Crippen molar-refractivity contribution in [2.24, 2.45) is 10.4 Å². The Balaban J connectivity index is 3.24. The summed E-state index contributed by atoms with van der Waals surface area (Å²) in [4.78, 5) is 4.11. The van der Waals surface area contributed by atoms with Gasteiger partial charge in [0.2, 0.25) is 0 Å². The van der Waals surface area contributed by atoms with Gasteiger partial charge in [0.15, 0.2) is 0 Å². The number of hydrogen-bond donors (Lipinski definition) is 1. The second-order valence-corrected chi connectivity index (χ2v) is 5.38. The third-order valence-corrected chi connectivity index (χ3v) is 2.60. The molecule has 1 aromatic carbocycles. The fourth-order valence-electron chi connectivity index (χ4n) is 1.55. The van der Waals surface area contributed by atoms with Crippen LogP contribution in [0.15, 0.2) is 17.1 Å². The molecule has 0 aromatic heterocycles. The van der Waals surface area contributed by atoms with Crippen LogP contribution in [0, 0.1) is 29.4 Å². The molecule has 0 aliphatic heterocycles. The highest BCUT2D eigenvalue weighted by Gasteiger charge is 2.18. The highest BCUT2D eigenvalue weighted by molar-refractivity contribution is 6.07. The number of hydrogen-bond acceptors (Lipinski definition) is 1. The summed E-state index contributed by atoms with van der Waals surface area (Å²) < 4.78 is 26.7. The number of nitrogens with one attached hydrogen (secondary N) is 1. The molecule has 18 heavy (non-hydrogen) atoms. The molecule has 0 aliphatic carbocycles. The Morgan fingerprint density at radius 3 is 2.22 bits per heavy atom. The summed E-state index contributed by atoms with van der Waals surface area (Å²) in [5.74, 6) is -1.08. The van der Waals surface area contributed by atoms with E-state index in [0.29, 0.717) is 11.3 Å². The van der Waals surface area contributed by atoms with Crippen molar-refractivity contribution >= 4 is 11.5 Å². The van der Waals surface area contributed by atoms with Crippen molar-refractivity contribution < 1.29 is 8.78 Å². The van der Waals surface area contributed by atoms with Gasteiger partial charge in [-0.15, -0.1) is 0 Å². The minimum Gasteiger partial charge on any atom is -0.286 e. The van der Waals surface area contributed by atoms with E-state index in [0.717, 1.165) is 6.07 Å². The summed E-state index contributed by atoms with van der Waals surface area (Å²) in [6.07, 6.45) is 0. The Kier molecular flexibility index (Phi) is 3.99. The van der Waals surface area contributed by atoms with Crippen LogP contribution < -0.4 is 0 Å². The molecule has 1 rings (SSSR count). The topological polar surface area (TPSA) is 36.2 Å². The van der Waals surface area contributed by atoms with Gasteiger partial charge in [-0.05, 0) is 25.5 Å². The molecule has 1 aromatic rings. The molecule has 0 bridgehead atoms. The van der Waals surface area contributed by atoms with Crippen molar-refractivity contribution in [1.29, 1.82) is 5.41 Å². The normalized spacial score (nSPS) is 12.7. The van der Waals surface area contributed by atoms with Crippen molar-refractivity contribution in [2.75, 3.05) is 0 Å².